The lowest BCUT2D eigenvalue weighted by Gasteiger charge is -2.25. The second-order valence-electron chi connectivity index (χ2n) is 9.52. The first-order chi connectivity index (χ1) is 19.0. The van der Waals surface area contributed by atoms with E-state index in [1.54, 1.807) is 48.5 Å². The van der Waals surface area contributed by atoms with Crippen molar-refractivity contribution in [3.05, 3.63) is 95.6 Å². The van der Waals surface area contributed by atoms with E-state index in [1.165, 1.54) is 12.0 Å². The van der Waals surface area contributed by atoms with Crippen molar-refractivity contribution < 1.29 is 28.6 Å². The van der Waals surface area contributed by atoms with Gasteiger partial charge in [0.1, 0.15) is 5.75 Å². The molecule has 3 atom stereocenters. The Bertz CT molecular complexity index is 1330. The summed E-state index contributed by atoms with van der Waals surface area (Å²) in [6.45, 7) is 1.27. The van der Waals surface area contributed by atoms with Crippen LogP contribution in [0.25, 0.3) is 0 Å². The van der Waals surface area contributed by atoms with Crippen LogP contribution in [0.5, 0.6) is 5.75 Å². The van der Waals surface area contributed by atoms with E-state index in [0.29, 0.717) is 35.7 Å². The third-order valence-corrected chi connectivity index (χ3v) is 6.90. The monoisotopic (exact) mass is 529 g/mol. The molecule has 0 saturated carbocycles. The Kier molecular flexibility index (Phi) is 8.07. The molecule has 3 aromatic carbocycles. The third kappa shape index (κ3) is 6.04. The molecule has 2 N–H and O–H groups in total. The predicted molar refractivity (Wildman–Crippen MR) is 144 cm³/mol. The quantitative estimate of drug-likeness (QED) is 0.428. The molecule has 5 rings (SSSR count). The van der Waals surface area contributed by atoms with Crippen LogP contribution < -0.4 is 15.4 Å². The van der Waals surface area contributed by atoms with Gasteiger partial charge in [0.2, 0.25) is 5.91 Å². The predicted octanol–water partition coefficient (Wildman–Crippen LogP) is 4.30. The van der Waals surface area contributed by atoms with E-state index in [9.17, 15) is 14.4 Å². The number of nitrogens with one attached hydrogen (secondary N) is 2. The Hall–Kier alpha value is -4.37. The molecule has 2 aliphatic rings. The van der Waals surface area contributed by atoms with Gasteiger partial charge in [-0.05, 0) is 48.2 Å². The van der Waals surface area contributed by atoms with Gasteiger partial charge in [0.15, 0.2) is 12.1 Å². The summed E-state index contributed by atoms with van der Waals surface area (Å²) < 4.78 is 16.7. The van der Waals surface area contributed by atoms with E-state index >= 15 is 0 Å². The van der Waals surface area contributed by atoms with Gasteiger partial charge in [-0.15, -0.1) is 0 Å². The van der Waals surface area contributed by atoms with Gasteiger partial charge < -0.3 is 24.8 Å². The zero-order chi connectivity index (χ0) is 27.2. The van der Waals surface area contributed by atoms with Crippen molar-refractivity contribution in [1.82, 2.24) is 10.2 Å². The minimum absolute atomic E-state index is 0.0403. The van der Waals surface area contributed by atoms with Crippen LogP contribution in [0.1, 0.15) is 40.4 Å². The number of benzene rings is 3. The minimum Gasteiger partial charge on any atom is -0.496 e. The second kappa shape index (κ2) is 12.0. The number of nitrogens with zero attached hydrogens (tertiary/aromatic N) is 1. The summed E-state index contributed by atoms with van der Waals surface area (Å²) in [6.07, 6.45) is 0.354. The van der Waals surface area contributed by atoms with E-state index in [0.717, 1.165) is 18.4 Å². The Morgan fingerprint density at radius 2 is 1.82 bits per heavy atom. The van der Waals surface area contributed by atoms with E-state index < -0.39 is 18.2 Å². The minimum atomic E-state index is -0.903. The molecule has 9 heteroatoms. The van der Waals surface area contributed by atoms with E-state index in [4.69, 9.17) is 14.2 Å². The molecule has 0 bridgehead atoms. The molecule has 3 amide bonds. The molecule has 2 aliphatic heterocycles. The number of ether oxygens (including phenoxy) is 3. The molecule has 2 fully saturated rings. The molecule has 9 nitrogen and oxygen atoms in total. The number of rotatable bonds is 9. The average molecular weight is 530 g/mol. The van der Waals surface area contributed by atoms with Gasteiger partial charge in [-0.1, -0.05) is 54.6 Å². The van der Waals surface area contributed by atoms with Crippen LogP contribution in [0, 0.1) is 0 Å². The number of para-hydroxylation sites is 1. The molecule has 3 aromatic rings. The fraction of sp³-hybridized carbons (Fsp3) is 0.300. The maximum absolute atomic E-state index is 13.5. The van der Waals surface area contributed by atoms with Gasteiger partial charge in [-0.25, -0.2) is 4.79 Å². The van der Waals surface area contributed by atoms with Gasteiger partial charge >= 0.3 is 6.09 Å². The third-order valence-electron chi connectivity index (χ3n) is 6.90. The zero-order valence-electron chi connectivity index (χ0n) is 21.7. The lowest BCUT2D eigenvalue weighted by molar-refractivity contribution is -0.126. The van der Waals surface area contributed by atoms with Crippen molar-refractivity contribution in [3.8, 4) is 5.75 Å². The molecule has 0 radical (unpaired) electrons. The van der Waals surface area contributed by atoms with E-state index in [1.807, 2.05) is 30.3 Å². The molecule has 0 aromatic heterocycles. The summed E-state index contributed by atoms with van der Waals surface area (Å²) >= 11 is 0. The van der Waals surface area contributed by atoms with Crippen LogP contribution in [0.3, 0.4) is 0 Å². The average Bonchev–Trinajstić information content (AvgIpc) is 3.60. The number of hydrogen-bond acceptors (Lipinski definition) is 6. The molecular formula is C30H31N3O6. The molecule has 39 heavy (non-hydrogen) atoms. The van der Waals surface area contributed by atoms with Gasteiger partial charge in [0, 0.05) is 18.8 Å². The largest absolute Gasteiger partial charge is 0.496 e. The first-order valence-corrected chi connectivity index (χ1v) is 13.0. The first-order valence-electron chi connectivity index (χ1n) is 13.0. The van der Waals surface area contributed by atoms with Crippen molar-refractivity contribution in [2.24, 2.45) is 0 Å². The standard InChI is InChI=1S/C30H31N3O6/c1-37-25-15-6-5-14-24(25)28(34)32-22-12-7-11-21(17-22)27-26(29(35)31-18-23-13-8-16-38-23)33(30(36)39-27)19-20-9-3-2-4-10-20/h2-7,9-12,14-15,17,23,26-27H,8,13,16,18-19H2,1H3,(H,31,35)(H,32,34). The highest BCUT2D eigenvalue weighted by atomic mass is 16.6. The summed E-state index contributed by atoms with van der Waals surface area (Å²) in [4.78, 5) is 41.0. The van der Waals surface area contributed by atoms with Crippen LogP contribution in [-0.2, 0) is 20.8 Å². The van der Waals surface area contributed by atoms with Gasteiger partial charge in [0.25, 0.3) is 5.91 Å². The fourth-order valence-electron chi connectivity index (χ4n) is 4.94. The van der Waals surface area contributed by atoms with E-state index in [-0.39, 0.29) is 24.5 Å². The lowest BCUT2D eigenvalue weighted by Crippen LogP contribution is -2.47. The molecular weight excluding hydrogens is 498 g/mol. The summed E-state index contributed by atoms with van der Waals surface area (Å²) in [5, 5.41) is 5.84. The number of carbonyl (C=O) groups excluding carboxylic acids is 3. The summed E-state index contributed by atoms with van der Waals surface area (Å²) in [5.41, 5.74) is 2.36. The highest BCUT2D eigenvalue weighted by Gasteiger charge is 2.47. The van der Waals surface area contributed by atoms with Crippen LogP contribution in [0.15, 0.2) is 78.9 Å². The molecule has 0 aliphatic carbocycles. The summed E-state index contributed by atoms with van der Waals surface area (Å²) in [6, 6.07) is 22.5. The Labute approximate surface area is 227 Å². The van der Waals surface area contributed by atoms with Crippen LogP contribution in [0.4, 0.5) is 10.5 Å². The molecule has 202 valence electrons. The van der Waals surface area contributed by atoms with Crippen LogP contribution in [0.2, 0.25) is 0 Å². The van der Waals surface area contributed by atoms with E-state index in [2.05, 4.69) is 10.6 Å². The van der Waals surface area contributed by atoms with Crippen molar-refractivity contribution in [1.29, 1.82) is 0 Å². The molecule has 2 saturated heterocycles. The van der Waals surface area contributed by atoms with Crippen LogP contribution >= 0.6 is 0 Å². The van der Waals surface area contributed by atoms with Gasteiger partial charge in [-0.3, -0.25) is 14.5 Å². The second-order valence-corrected chi connectivity index (χ2v) is 9.52. The van der Waals surface area contributed by atoms with Gasteiger partial charge in [0.05, 0.1) is 25.3 Å². The topological polar surface area (TPSA) is 106 Å². The van der Waals surface area contributed by atoms with Crippen molar-refractivity contribution >= 4 is 23.6 Å². The SMILES string of the molecule is COc1ccccc1C(=O)Nc1cccc(C2OC(=O)N(Cc3ccccc3)C2C(=O)NCC2CCCO2)c1. The molecule has 2 heterocycles. The first kappa shape index (κ1) is 26.2. The van der Waals surface area contributed by atoms with Crippen molar-refractivity contribution in [2.75, 3.05) is 25.6 Å². The zero-order valence-corrected chi connectivity index (χ0v) is 21.7. The maximum Gasteiger partial charge on any atom is 0.411 e. The smallest absolute Gasteiger partial charge is 0.411 e. The molecule has 3 unspecified atom stereocenters. The maximum atomic E-state index is 13.5. The summed E-state index contributed by atoms with van der Waals surface area (Å²) in [7, 11) is 1.51. The van der Waals surface area contributed by atoms with Crippen molar-refractivity contribution in [2.45, 2.75) is 37.6 Å². The number of methoxy groups -OCH3 is 1. The van der Waals surface area contributed by atoms with Crippen LogP contribution in [-0.4, -0.2) is 55.2 Å². The van der Waals surface area contributed by atoms with Gasteiger partial charge in [-0.2, -0.15) is 0 Å². The Morgan fingerprint density at radius 1 is 1.03 bits per heavy atom. The number of anilines is 1. The highest BCUT2D eigenvalue weighted by molar-refractivity contribution is 6.06. The number of hydrogen-bond donors (Lipinski definition) is 2. The summed E-state index contributed by atoms with van der Waals surface area (Å²) in [5.74, 6) is -0.208. The Morgan fingerprint density at radius 3 is 2.59 bits per heavy atom. The van der Waals surface area contributed by atoms with Crippen molar-refractivity contribution in [3.63, 3.8) is 0 Å². The number of cyclic esters (lactones) is 1. The lowest BCUT2D eigenvalue weighted by atomic mass is 10.00. The number of amides is 3. The Balaban J connectivity index is 1.39. The highest BCUT2D eigenvalue weighted by Crippen LogP contribution is 2.35. The number of carbonyl (C=O) groups is 3. The fourth-order valence-corrected chi connectivity index (χ4v) is 4.94. The normalized spacial score (nSPS) is 20.4. The molecule has 0 spiro atoms.